The minimum Gasteiger partial charge on any atom is -0.378 e. The monoisotopic (exact) mass is 391 g/mol. The molecule has 0 spiro atoms. The highest BCUT2D eigenvalue weighted by Gasteiger charge is 2.28. The SMILES string of the molecule is CCN(Cc1ccc(N(C)C)cc1)S(=O)(=O)c1cc([N+](=O)[O-])cc(C)c1C. The molecule has 0 unspecified atom stereocenters. The first-order chi connectivity index (χ1) is 12.6. The first-order valence-corrected chi connectivity index (χ1v) is 10.0. The van der Waals surface area contributed by atoms with Crippen molar-refractivity contribution in [3.05, 3.63) is 63.2 Å². The van der Waals surface area contributed by atoms with Gasteiger partial charge in [0.1, 0.15) is 0 Å². The maximum Gasteiger partial charge on any atom is 0.271 e. The van der Waals surface area contributed by atoms with Gasteiger partial charge in [-0.05, 0) is 42.7 Å². The van der Waals surface area contributed by atoms with Crippen molar-refractivity contribution in [3.63, 3.8) is 0 Å². The molecule has 0 saturated heterocycles. The molecule has 7 nitrogen and oxygen atoms in total. The molecule has 0 fully saturated rings. The van der Waals surface area contributed by atoms with Crippen LogP contribution in [0.25, 0.3) is 0 Å². The van der Waals surface area contributed by atoms with Crippen LogP contribution in [-0.4, -0.2) is 38.3 Å². The van der Waals surface area contributed by atoms with Gasteiger partial charge in [0, 0.05) is 45.0 Å². The largest absolute Gasteiger partial charge is 0.378 e. The molecule has 0 aliphatic carbocycles. The van der Waals surface area contributed by atoms with Gasteiger partial charge in [-0.25, -0.2) is 8.42 Å². The average molecular weight is 391 g/mol. The van der Waals surface area contributed by atoms with E-state index in [4.69, 9.17) is 0 Å². The Morgan fingerprint density at radius 1 is 1.07 bits per heavy atom. The van der Waals surface area contributed by atoms with Crippen LogP contribution < -0.4 is 4.90 Å². The molecule has 0 heterocycles. The maximum absolute atomic E-state index is 13.2. The fourth-order valence-corrected chi connectivity index (χ4v) is 4.55. The summed E-state index contributed by atoms with van der Waals surface area (Å²) in [5.41, 5.74) is 2.76. The van der Waals surface area contributed by atoms with Gasteiger partial charge in [0.25, 0.3) is 5.69 Å². The van der Waals surface area contributed by atoms with E-state index in [1.54, 1.807) is 20.8 Å². The highest BCUT2D eigenvalue weighted by Crippen LogP contribution is 2.28. The van der Waals surface area contributed by atoms with Gasteiger partial charge < -0.3 is 4.90 Å². The van der Waals surface area contributed by atoms with Crippen molar-refractivity contribution in [3.8, 4) is 0 Å². The van der Waals surface area contributed by atoms with Crippen LogP contribution in [0.1, 0.15) is 23.6 Å². The Morgan fingerprint density at radius 3 is 2.15 bits per heavy atom. The fourth-order valence-electron chi connectivity index (χ4n) is 2.79. The van der Waals surface area contributed by atoms with Gasteiger partial charge in [0.15, 0.2) is 0 Å². The maximum atomic E-state index is 13.2. The molecular weight excluding hydrogens is 366 g/mol. The number of nitro groups is 1. The number of non-ortho nitro benzene ring substituents is 1. The second-order valence-electron chi connectivity index (χ2n) is 6.64. The Kier molecular flexibility index (Phi) is 6.22. The van der Waals surface area contributed by atoms with E-state index in [0.29, 0.717) is 11.1 Å². The van der Waals surface area contributed by atoms with Crippen LogP contribution >= 0.6 is 0 Å². The quantitative estimate of drug-likeness (QED) is 0.533. The molecule has 8 heteroatoms. The van der Waals surface area contributed by atoms with Gasteiger partial charge >= 0.3 is 0 Å². The van der Waals surface area contributed by atoms with E-state index in [9.17, 15) is 18.5 Å². The van der Waals surface area contributed by atoms with Crippen LogP contribution in [0.5, 0.6) is 0 Å². The molecule has 0 aromatic heterocycles. The third kappa shape index (κ3) is 4.45. The van der Waals surface area contributed by atoms with Crippen LogP contribution in [0.15, 0.2) is 41.3 Å². The lowest BCUT2D eigenvalue weighted by Gasteiger charge is -2.22. The number of anilines is 1. The second-order valence-corrected chi connectivity index (χ2v) is 8.54. The van der Waals surface area contributed by atoms with Crippen LogP contribution in [-0.2, 0) is 16.6 Å². The van der Waals surface area contributed by atoms with Crippen LogP contribution in [0.4, 0.5) is 11.4 Å². The number of aryl methyl sites for hydroxylation is 1. The van der Waals surface area contributed by atoms with E-state index < -0.39 is 14.9 Å². The molecule has 2 rings (SSSR count). The topological polar surface area (TPSA) is 83.8 Å². The number of nitro benzene ring substituents is 1. The molecule has 0 aliphatic heterocycles. The Balaban J connectivity index is 2.42. The number of rotatable bonds is 7. The first-order valence-electron chi connectivity index (χ1n) is 8.60. The van der Waals surface area contributed by atoms with E-state index in [2.05, 4.69) is 0 Å². The summed E-state index contributed by atoms with van der Waals surface area (Å²) in [6.07, 6.45) is 0. The van der Waals surface area contributed by atoms with E-state index in [-0.39, 0.29) is 23.7 Å². The van der Waals surface area contributed by atoms with Crippen LogP contribution in [0, 0.1) is 24.0 Å². The molecule has 0 amide bonds. The minimum absolute atomic E-state index is 0.0130. The van der Waals surface area contributed by atoms with Crippen molar-refractivity contribution >= 4 is 21.4 Å². The number of hydrogen-bond donors (Lipinski definition) is 0. The third-order valence-electron chi connectivity index (χ3n) is 4.60. The van der Waals surface area contributed by atoms with Gasteiger partial charge in [-0.15, -0.1) is 0 Å². The van der Waals surface area contributed by atoms with Gasteiger partial charge in [0.05, 0.1) is 9.82 Å². The summed E-state index contributed by atoms with van der Waals surface area (Å²) in [6.45, 7) is 5.57. The summed E-state index contributed by atoms with van der Waals surface area (Å²) in [7, 11) is 0.00498. The van der Waals surface area contributed by atoms with E-state index in [1.165, 1.54) is 10.4 Å². The Morgan fingerprint density at radius 2 is 1.67 bits per heavy atom. The fraction of sp³-hybridized carbons (Fsp3) is 0.368. The first kappa shape index (κ1) is 20.9. The number of nitrogens with zero attached hydrogens (tertiary/aromatic N) is 3. The molecule has 146 valence electrons. The summed E-state index contributed by atoms with van der Waals surface area (Å²) < 4.78 is 27.7. The molecule has 27 heavy (non-hydrogen) atoms. The Labute approximate surface area is 160 Å². The Hall–Kier alpha value is -2.45. The van der Waals surface area contributed by atoms with Crippen molar-refractivity contribution in [2.45, 2.75) is 32.2 Å². The average Bonchev–Trinajstić information content (AvgIpc) is 2.61. The van der Waals surface area contributed by atoms with Gasteiger partial charge in [-0.3, -0.25) is 10.1 Å². The predicted octanol–water partition coefficient (Wildman–Crippen LogP) is 3.49. The molecule has 0 saturated carbocycles. The van der Waals surface area contributed by atoms with Crippen molar-refractivity contribution in [1.29, 1.82) is 0 Å². The summed E-state index contributed by atoms with van der Waals surface area (Å²) in [5.74, 6) is 0. The summed E-state index contributed by atoms with van der Waals surface area (Å²) in [4.78, 5) is 12.5. The van der Waals surface area contributed by atoms with Crippen LogP contribution in [0.3, 0.4) is 0 Å². The molecule has 0 atom stereocenters. The molecule has 2 aromatic rings. The van der Waals surface area contributed by atoms with Crippen LogP contribution in [0.2, 0.25) is 0 Å². The predicted molar refractivity (Wildman–Crippen MR) is 107 cm³/mol. The van der Waals surface area contributed by atoms with Gasteiger partial charge in [-0.1, -0.05) is 19.1 Å². The number of sulfonamides is 1. The minimum atomic E-state index is -3.87. The zero-order chi connectivity index (χ0) is 20.4. The Bertz CT molecular complexity index is 938. The summed E-state index contributed by atoms with van der Waals surface area (Å²) in [5, 5.41) is 11.2. The lowest BCUT2D eigenvalue weighted by Crippen LogP contribution is -2.31. The second kappa shape index (κ2) is 8.06. The number of hydrogen-bond acceptors (Lipinski definition) is 5. The zero-order valence-corrected chi connectivity index (χ0v) is 17.1. The van der Waals surface area contributed by atoms with Crippen molar-refractivity contribution in [1.82, 2.24) is 4.31 Å². The van der Waals surface area contributed by atoms with E-state index in [0.717, 1.165) is 17.3 Å². The summed E-state index contributed by atoms with van der Waals surface area (Å²) in [6, 6.07) is 10.2. The molecule has 0 aliphatic rings. The van der Waals surface area contributed by atoms with E-state index >= 15 is 0 Å². The standard InChI is InChI=1S/C19H25N3O4S/c1-6-21(13-16-7-9-17(10-8-16)20(4)5)27(25,26)19-12-18(22(23)24)11-14(2)15(19)3/h7-12H,6,13H2,1-5H3. The molecule has 2 aromatic carbocycles. The zero-order valence-electron chi connectivity index (χ0n) is 16.3. The normalized spacial score (nSPS) is 11.6. The number of benzene rings is 2. The molecule has 0 radical (unpaired) electrons. The van der Waals surface area contributed by atoms with Crippen molar-refractivity contribution in [2.75, 3.05) is 25.5 Å². The third-order valence-corrected chi connectivity index (χ3v) is 6.64. The van der Waals surface area contributed by atoms with Gasteiger partial charge in [-0.2, -0.15) is 4.31 Å². The van der Waals surface area contributed by atoms with Gasteiger partial charge in [0.2, 0.25) is 10.0 Å². The van der Waals surface area contributed by atoms with E-state index in [1.807, 2.05) is 43.3 Å². The smallest absolute Gasteiger partial charge is 0.271 e. The molecule has 0 N–H and O–H groups in total. The highest BCUT2D eigenvalue weighted by atomic mass is 32.2. The van der Waals surface area contributed by atoms with Crippen molar-refractivity contribution < 1.29 is 13.3 Å². The summed E-state index contributed by atoms with van der Waals surface area (Å²) >= 11 is 0. The highest BCUT2D eigenvalue weighted by molar-refractivity contribution is 7.89. The lowest BCUT2D eigenvalue weighted by molar-refractivity contribution is -0.385. The van der Waals surface area contributed by atoms with Crippen molar-refractivity contribution in [2.24, 2.45) is 0 Å². The molecule has 0 bridgehead atoms. The lowest BCUT2D eigenvalue weighted by atomic mass is 10.1. The molecular formula is C19H25N3O4S.